The van der Waals surface area contributed by atoms with Crippen LogP contribution in [-0.2, 0) is 0 Å². The lowest BCUT2D eigenvalue weighted by atomic mass is 10.2. The van der Waals surface area contributed by atoms with Gasteiger partial charge in [-0.2, -0.15) is 0 Å². The predicted molar refractivity (Wildman–Crippen MR) is 67.8 cm³/mol. The molecule has 20 heavy (non-hydrogen) atoms. The van der Waals surface area contributed by atoms with Gasteiger partial charge in [0.15, 0.2) is 0 Å². The molecule has 8 heteroatoms. The number of carbonyl (C=O) groups is 1. The van der Waals surface area contributed by atoms with Crippen LogP contribution in [0.25, 0.3) is 5.65 Å². The van der Waals surface area contributed by atoms with Crippen LogP contribution in [0.3, 0.4) is 0 Å². The van der Waals surface area contributed by atoms with Crippen molar-refractivity contribution in [1.29, 1.82) is 0 Å². The number of aromatic nitrogens is 2. The van der Waals surface area contributed by atoms with Crippen molar-refractivity contribution in [3.63, 3.8) is 0 Å². The minimum atomic E-state index is -3.21. The monoisotopic (exact) mass is 282 g/mol. The Bertz CT molecular complexity index is 699. The maximum Gasteiger partial charge on any atom is 0.277 e. The van der Waals surface area contributed by atoms with E-state index in [1.807, 2.05) is 5.32 Å². The van der Waals surface area contributed by atoms with Crippen molar-refractivity contribution in [3.8, 4) is 0 Å². The van der Waals surface area contributed by atoms with Gasteiger partial charge in [-0.3, -0.25) is 14.0 Å². The number of rotatable bonds is 4. The number of hydrogen-bond acceptors (Lipinski definition) is 4. The Kier molecular flexibility index (Phi) is 3.75. The molecule has 0 aliphatic rings. The second kappa shape index (κ2) is 5.33. The fourth-order valence-corrected chi connectivity index (χ4v) is 1.56. The predicted octanol–water partition coefficient (Wildman–Crippen LogP) is 0.0183. The van der Waals surface area contributed by atoms with Gasteiger partial charge in [0.1, 0.15) is 11.2 Å². The standard InChI is InChI=1S/C12H12F2N4O2/c13-12(14,6-15)7-17-10(19)8-5-16-9-3-1-2-4-18(9)11(8)20/h1-5H,6-7,15H2,(H,17,19). The van der Waals surface area contributed by atoms with E-state index in [9.17, 15) is 18.4 Å². The average molecular weight is 282 g/mol. The van der Waals surface area contributed by atoms with Crippen LogP contribution in [0.2, 0.25) is 0 Å². The molecular formula is C12H12F2N4O2. The van der Waals surface area contributed by atoms with E-state index in [0.29, 0.717) is 5.65 Å². The van der Waals surface area contributed by atoms with E-state index in [0.717, 1.165) is 10.6 Å². The summed E-state index contributed by atoms with van der Waals surface area (Å²) in [7, 11) is 0. The van der Waals surface area contributed by atoms with Gasteiger partial charge in [0, 0.05) is 12.4 Å². The van der Waals surface area contributed by atoms with E-state index in [1.165, 1.54) is 6.20 Å². The van der Waals surface area contributed by atoms with Gasteiger partial charge in [0.25, 0.3) is 17.4 Å². The Labute approximate surface area is 112 Å². The summed E-state index contributed by atoms with van der Waals surface area (Å²) in [4.78, 5) is 27.7. The normalized spacial score (nSPS) is 11.6. The zero-order valence-electron chi connectivity index (χ0n) is 10.3. The number of pyridine rings is 1. The van der Waals surface area contributed by atoms with E-state index in [4.69, 9.17) is 5.73 Å². The summed E-state index contributed by atoms with van der Waals surface area (Å²) < 4.78 is 27.1. The van der Waals surface area contributed by atoms with Gasteiger partial charge in [-0.25, -0.2) is 13.8 Å². The zero-order chi connectivity index (χ0) is 14.8. The first-order chi connectivity index (χ1) is 9.44. The molecule has 0 fully saturated rings. The minimum Gasteiger partial charge on any atom is -0.346 e. The number of nitrogens with one attached hydrogen (secondary N) is 1. The summed E-state index contributed by atoms with van der Waals surface area (Å²) in [5.41, 5.74) is 4.29. The van der Waals surface area contributed by atoms with Crippen LogP contribution >= 0.6 is 0 Å². The molecule has 2 heterocycles. The number of fused-ring (bicyclic) bond motifs is 1. The van der Waals surface area contributed by atoms with E-state index < -0.39 is 30.5 Å². The topological polar surface area (TPSA) is 89.5 Å². The summed E-state index contributed by atoms with van der Waals surface area (Å²) in [6.45, 7) is -1.82. The van der Waals surface area contributed by atoms with Crippen molar-refractivity contribution in [1.82, 2.24) is 14.7 Å². The molecule has 0 radical (unpaired) electrons. The number of amides is 1. The second-order valence-electron chi connectivity index (χ2n) is 4.15. The fraction of sp³-hybridized carbons (Fsp3) is 0.250. The first kappa shape index (κ1) is 14.1. The van der Waals surface area contributed by atoms with Crippen molar-refractivity contribution in [2.24, 2.45) is 5.73 Å². The number of hydrogen-bond donors (Lipinski definition) is 2. The lowest BCUT2D eigenvalue weighted by molar-refractivity contribution is 0.0118. The Morgan fingerprint density at radius 3 is 2.90 bits per heavy atom. The smallest absolute Gasteiger partial charge is 0.277 e. The highest BCUT2D eigenvalue weighted by Crippen LogP contribution is 2.08. The summed E-state index contributed by atoms with van der Waals surface area (Å²) in [6.07, 6.45) is 2.50. The molecule has 0 aromatic carbocycles. The number of carbonyl (C=O) groups excluding carboxylic acids is 1. The van der Waals surface area contributed by atoms with Crippen LogP contribution in [0.15, 0.2) is 35.4 Å². The Morgan fingerprint density at radius 1 is 1.45 bits per heavy atom. The SMILES string of the molecule is NCC(F)(F)CNC(=O)c1cnc2ccccn2c1=O. The average Bonchev–Trinajstić information content (AvgIpc) is 2.45. The van der Waals surface area contributed by atoms with Gasteiger partial charge in [-0.05, 0) is 12.1 Å². The van der Waals surface area contributed by atoms with Crippen LogP contribution in [-0.4, -0.2) is 34.3 Å². The molecule has 3 N–H and O–H groups in total. The minimum absolute atomic E-state index is 0.304. The molecular weight excluding hydrogens is 270 g/mol. The molecule has 2 aromatic heterocycles. The third-order valence-electron chi connectivity index (χ3n) is 2.66. The maximum absolute atomic E-state index is 12.9. The molecule has 0 aliphatic heterocycles. The number of halogens is 2. The summed E-state index contributed by atoms with van der Waals surface area (Å²) in [5.74, 6) is -4.12. The number of nitrogens with zero attached hydrogens (tertiary/aromatic N) is 2. The van der Waals surface area contributed by atoms with Crippen molar-refractivity contribution in [3.05, 3.63) is 46.5 Å². The Hall–Kier alpha value is -2.35. The van der Waals surface area contributed by atoms with Crippen LogP contribution in [0.1, 0.15) is 10.4 Å². The molecule has 0 aliphatic carbocycles. The van der Waals surface area contributed by atoms with Crippen molar-refractivity contribution in [2.75, 3.05) is 13.1 Å². The fourth-order valence-electron chi connectivity index (χ4n) is 1.56. The number of nitrogens with two attached hydrogens (primary N) is 1. The molecule has 0 unspecified atom stereocenters. The third-order valence-corrected chi connectivity index (χ3v) is 2.66. The van der Waals surface area contributed by atoms with Gasteiger partial charge in [-0.1, -0.05) is 6.07 Å². The van der Waals surface area contributed by atoms with Crippen LogP contribution in [0.4, 0.5) is 8.78 Å². The lowest BCUT2D eigenvalue weighted by Crippen LogP contribution is -2.43. The van der Waals surface area contributed by atoms with E-state index in [1.54, 1.807) is 18.2 Å². The van der Waals surface area contributed by atoms with Gasteiger partial charge >= 0.3 is 0 Å². The third kappa shape index (κ3) is 2.80. The van der Waals surface area contributed by atoms with Crippen LogP contribution < -0.4 is 16.6 Å². The van der Waals surface area contributed by atoms with E-state index in [-0.39, 0.29) is 5.56 Å². The molecule has 0 atom stereocenters. The molecule has 2 rings (SSSR count). The largest absolute Gasteiger partial charge is 0.346 e. The Balaban J connectivity index is 2.27. The summed E-state index contributed by atoms with van der Waals surface area (Å²) in [6, 6.07) is 4.87. The molecule has 0 saturated heterocycles. The highest BCUT2D eigenvalue weighted by molar-refractivity contribution is 5.93. The second-order valence-corrected chi connectivity index (χ2v) is 4.15. The highest BCUT2D eigenvalue weighted by Gasteiger charge is 2.28. The molecule has 2 aromatic rings. The molecule has 106 valence electrons. The lowest BCUT2D eigenvalue weighted by Gasteiger charge is -2.14. The summed E-state index contributed by atoms with van der Waals surface area (Å²) in [5, 5.41) is 1.97. The maximum atomic E-state index is 12.9. The van der Waals surface area contributed by atoms with E-state index in [2.05, 4.69) is 4.98 Å². The molecule has 0 saturated carbocycles. The van der Waals surface area contributed by atoms with Gasteiger partial charge in [0.2, 0.25) is 0 Å². The first-order valence-corrected chi connectivity index (χ1v) is 5.77. The highest BCUT2D eigenvalue weighted by atomic mass is 19.3. The van der Waals surface area contributed by atoms with Gasteiger partial charge in [-0.15, -0.1) is 0 Å². The molecule has 0 spiro atoms. The molecule has 6 nitrogen and oxygen atoms in total. The summed E-state index contributed by atoms with van der Waals surface area (Å²) >= 11 is 0. The zero-order valence-corrected chi connectivity index (χ0v) is 10.3. The van der Waals surface area contributed by atoms with Gasteiger partial charge in [0.05, 0.1) is 13.1 Å². The van der Waals surface area contributed by atoms with Crippen LogP contribution in [0.5, 0.6) is 0 Å². The van der Waals surface area contributed by atoms with Crippen molar-refractivity contribution in [2.45, 2.75) is 5.92 Å². The van der Waals surface area contributed by atoms with E-state index >= 15 is 0 Å². The van der Waals surface area contributed by atoms with Gasteiger partial charge < -0.3 is 11.1 Å². The molecule has 0 bridgehead atoms. The quantitative estimate of drug-likeness (QED) is 0.827. The number of alkyl halides is 2. The first-order valence-electron chi connectivity index (χ1n) is 5.77. The Morgan fingerprint density at radius 2 is 2.20 bits per heavy atom. The van der Waals surface area contributed by atoms with Crippen molar-refractivity contribution >= 4 is 11.6 Å². The molecule has 1 amide bonds. The van der Waals surface area contributed by atoms with Crippen molar-refractivity contribution < 1.29 is 13.6 Å². The van der Waals surface area contributed by atoms with Crippen LogP contribution in [0, 0.1) is 0 Å².